The Hall–Kier alpha value is -1.79. The van der Waals surface area contributed by atoms with E-state index < -0.39 is 17.5 Å². The van der Waals surface area contributed by atoms with E-state index in [0.29, 0.717) is 19.0 Å². The van der Waals surface area contributed by atoms with Gasteiger partial charge < -0.3 is 9.64 Å². The molecule has 2 rings (SSSR count). The van der Waals surface area contributed by atoms with Crippen LogP contribution in [0.4, 0.5) is 5.82 Å². The van der Waals surface area contributed by atoms with Gasteiger partial charge >= 0.3 is 0 Å². The predicted octanol–water partition coefficient (Wildman–Crippen LogP) is 6.11. The number of anilines is 1. The molecule has 2 atom stereocenters. The fourth-order valence-corrected chi connectivity index (χ4v) is 6.72. The maximum atomic E-state index is 13.0. The molecule has 0 N–H and O–H groups in total. The Kier molecular flexibility index (Phi) is 17.3. The quantitative estimate of drug-likeness (QED) is 0.156. The molecule has 0 saturated heterocycles. The highest BCUT2D eigenvalue weighted by molar-refractivity contribution is 8.48. The second-order valence-electron chi connectivity index (χ2n) is 7.45. The summed E-state index contributed by atoms with van der Waals surface area (Å²) < 4.78 is 18.4. The van der Waals surface area contributed by atoms with E-state index in [4.69, 9.17) is 4.74 Å². The Morgan fingerprint density at radius 1 is 1.23 bits per heavy atom. The first kappa shape index (κ1) is 31.2. The minimum absolute atomic E-state index is 0.438. The molecule has 1 aromatic carbocycles. The van der Waals surface area contributed by atoms with Crippen molar-refractivity contribution < 1.29 is 8.95 Å². The number of hydrogen-bond acceptors (Lipinski definition) is 6. The SMILES string of the molecule is C=CCCc1nc(CS(=O)P(C)c2ccccc2)cc(N(C)CCOCC)n1.C=CSC/C=C\C. The maximum Gasteiger partial charge on any atom is 0.132 e. The summed E-state index contributed by atoms with van der Waals surface area (Å²) in [4.78, 5) is 11.4. The van der Waals surface area contributed by atoms with Crippen molar-refractivity contribution in [2.75, 3.05) is 44.1 Å². The van der Waals surface area contributed by atoms with Crippen LogP contribution >= 0.6 is 18.9 Å². The monoisotopic (exact) mass is 533 g/mol. The largest absolute Gasteiger partial charge is 0.380 e. The van der Waals surface area contributed by atoms with Gasteiger partial charge in [-0.25, -0.2) is 9.97 Å². The molecular formula is C27H40N3O2PS2. The highest BCUT2D eigenvalue weighted by atomic mass is 32.7. The molecule has 0 spiro atoms. The summed E-state index contributed by atoms with van der Waals surface area (Å²) in [7, 11) is 0.243. The first-order valence-corrected chi connectivity index (χ1v) is 16.5. The first-order valence-electron chi connectivity index (χ1n) is 11.7. The van der Waals surface area contributed by atoms with E-state index in [9.17, 15) is 4.21 Å². The summed E-state index contributed by atoms with van der Waals surface area (Å²) in [6.07, 6.45) is 7.56. The van der Waals surface area contributed by atoms with Crippen LogP contribution in [0.5, 0.6) is 0 Å². The zero-order valence-electron chi connectivity index (χ0n) is 21.6. The molecular weight excluding hydrogens is 493 g/mol. The van der Waals surface area contributed by atoms with E-state index >= 15 is 0 Å². The van der Waals surface area contributed by atoms with Crippen molar-refractivity contribution in [3.63, 3.8) is 0 Å². The summed E-state index contributed by atoms with van der Waals surface area (Å²) in [5.41, 5.74) is 0.830. The number of aromatic nitrogens is 2. The van der Waals surface area contributed by atoms with Gasteiger partial charge in [-0.1, -0.05) is 55.1 Å². The van der Waals surface area contributed by atoms with Crippen molar-refractivity contribution in [2.45, 2.75) is 32.4 Å². The van der Waals surface area contributed by atoms with Crippen LogP contribution in [-0.4, -0.2) is 53.4 Å². The Morgan fingerprint density at radius 3 is 2.60 bits per heavy atom. The lowest BCUT2D eigenvalue weighted by molar-refractivity contribution is 0.154. The third-order valence-corrected chi connectivity index (χ3v) is 10.4. The molecule has 0 amide bonds. The summed E-state index contributed by atoms with van der Waals surface area (Å²) >= 11 is 1.71. The van der Waals surface area contributed by atoms with E-state index in [1.165, 1.54) is 0 Å². The minimum Gasteiger partial charge on any atom is -0.380 e. The van der Waals surface area contributed by atoms with Crippen molar-refractivity contribution in [2.24, 2.45) is 0 Å². The highest BCUT2D eigenvalue weighted by Gasteiger charge is 2.16. The van der Waals surface area contributed by atoms with Gasteiger partial charge in [0.1, 0.15) is 11.6 Å². The van der Waals surface area contributed by atoms with Gasteiger partial charge in [0, 0.05) is 45.6 Å². The van der Waals surface area contributed by atoms with Gasteiger partial charge in [-0.05, 0) is 37.6 Å². The minimum atomic E-state index is -0.998. The molecule has 1 aromatic heterocycles. The van der Waals surface area contributed by atoms with Crippen LogP contribution in [0.3, 0.4) is 0 Å². The molecule has 192 valence electrons. The number of aryl methyl sites for hydroxylation is 1. The summed E-state index contributed by atoms with van der Waals surface area (Å²) in [5.74, 6) is 3.11. The van der Waals surface area contributed by atoms with E-state index in [1.54, 1.807) is 11.8 Å². The number of nitrogens with zero attached hydrogens (tertiary/aromatic N) is 3. The Balaban J connectivity index is 0.000000762. The van der Waals surface area contributed by atoms with Gasteiger partial charge in [0.2, 0.25) is 0 Å². The van der Waals surface area contributed by atoms with Crippen LogP contribution in [0, 0.1) is 0 Å². The molecule has 1 heterocycles. The van der Waals surface area contributed by atoms with Crippen molar-refractivity contribution in [1.29, 1.82) is 0 Å². The maximum absolute atomic E-state index is 13.0. The number of benzene rings is 1. The van der Waals surface area contributed by atoms with E-state index in [1.807, 2.05) is 74.9 Å². The number of allylic oxidation sites excluding steroid dienone is 2. The van der Waals surface area contributed by atoms with Gasteiger partial charge in [-0.15, -0.1) is 18.3 Å². The lowest BCUT2D eigenvalue weighted by Gasteiger charge is -2.20. The normalized spacial score (nSPS) is 12.5. The van der Waals surface area contributed by atoms with Gasteiger partial charge in [-0.3, -0.25) is 4.21 Å². The molecule has 2 unspecified atom stereocenters. The summed E-state index contributed by atoms with van der Waals surface area (Å²) in [6, 6.07) is 12.0. The average Bonchev–Trinajstić information content (AvgIpc) is 2.88. The molecule has 0 fully saturated rings. The zero-order valence-corrected chi connectivity index (χ0v) is 24.1. The van der Waals surface area contributed by atoms with Crippen LogP contribution < -0.4 is 10.2 Å². The van der Waals surface area contributed by atoms with Gasteiger partial charge in [0.05, 0.1) is 28.5 Å². The number of likely N-dealkylation sites (N-methyl/N-ethyl adjacent to an activating group) is 1. The molecule has 0 aliphatic carbocycles. The average molecular weight is 534 g/mol. The first-order chi connectivity index (χ1) is 17.0. The van der Waals surface area contributed by atoms with Crippen LogP contribution in [0.15, 0.2) is 73.2 Å². The number of rotatable bonds is 15. The molecule has 0 aliphatic rings. The van der Waals surface area contributed by atoms with Gasteiger partial charge in [0.25, 0.3) is 0 Å². The van der Waals surface area contributed by atoms with Gasteiger partial charge in [-0.2, -0.15) is 0 Å². The Labute approximate surface area is 220 Å². The number of ether oxygens (including phenoxy) is 1. The molecule has 0 aliphatic heterocycles. The lowest BCUT2D eigenvalue weighted by atomic mass is 10.3. The standard InChI is InChI=1S/C21H30N3O2PS.C6H10S/c1-5-7-13-20-22-18(16-21(23-20)24(3)14-15-26-6-2)17-28(25)27(4)19-11-9-8-10-12-19;1-3-5-6-7-4-2/h5,8-12,16H,1,6-7,13-15,17H2,2-4H3;3-5H,2,6H2,1H3/b;5-3-. The molecule has 35 heavy (non-hydrogen) atoms. The van der Waals surface area contributed by atoms with Crippen molar-refractivity contribution in [1.82, 2.24) is 9.97 Å². The van der Waals surface area contributed by atoms with Crippen LogP contribution in [0.1, 0.15) is 31.8 Å². The van der Waals surface area contributed by atoms with Crippen molar-refractivity contribution in [3.8, 4) is 0 Å². The smallest absolute Gasteiger partial charge is 0.132 e. The molecule has 5 nitrogen and oxygen atoms in total. The van der Waals surface area contributed by atoms with E-state index in [2.05, 4.69) is 40.8 Å². The lowest BCUT2D eigenvalue weighted by Crippen LogP contribution is -2.24. The van der Waals surface area contributed by atoms with Crippen molar-refractivity contribution >= 4 is 40.4 Å². The fourth-order valence-electron chi connectivity index (χ4n) is 2.81. The van der Waals surface area contributed by atoms with Crippen LogP contribution in [0.2, 0.25) is 0 Å². The molecule has 0 bridgehead atoms. The molecule has 2 aromatic rings. The third-order valence-electron chi connectivity index (χ3n) is 4.79. The van der Waals surface area contributed by atoms with Crippen LogP contribution in [-0.2, 0) is 27.3 Å². The Bertz CT molecular complexity index is 926. The number of thioether (sulfide) groups is 1. The zero-order chi connectivity index (χ0) is 25.9. The van der Waals surface area contributed by atoms with E-state index in [0.717, 1.165) is 47.8 Å². The molecule has 0 saturated carbocycles. The third kappa shape index (κ3) is 13.2. The van der Waals surface area contributed by atoms with Crippen molar-refractivity contribution in [3.05, 3.63) is 84.7 Å². The Morgan fingerprint density at radius 2 is 1.97 bits per heavy atom. The second kappa shape index (κ2) is 19.4. The van der Waals surface area contributed by atoms with Crippen LogP contribution in [0.25, 0.3) is 0 Å². The second-order valence-corrected chi connectivity index (χ2v) is 13.8. The molecule has 0 radical (unpaired) electrons. The number of hydrogen-bond donors (Lipinski definition) is 0. The van der Waals surface area contributed by atoms with Gasteiger partial charge in [0.15, 0.2) is 0 Å². The summed E-state index contributed by atoms with van der Waals surface area (Å²) in [5, 5.41) is 2.99. The summed E-state index contributed by atoms with van der Waals surface area (Å²) in [6.45, 7) is 15.5. The molecule has 8 heteroatoms. The highest BCUT2D eigenvalue weighted by Crippen LogP contribution is 2.36. The topological polar surface area (TPSA) is 55.3 Å². The fraction of sp³-hybridized carbons (Fsp3) is 0.407. The predicted molar refractivity (Wildman–Crippen MR) is 159 cm³/mol. The van der Waals surface area contributed by atoms with E-state index in [-0.39, 0.29) is 0 Å².